The summed E-state index contributed by atoms with van der Waals surface area (Å²) in [5, 5.41) is 14.4. The Hall–Kier alpha value is -2.90. The van der Waals surface area contributed by atoms with Gasteiger partial charge in [0.1, 0.15) is 11.1 Å². The van der Waals surface area contributed by atoms with Gasteiger partial charge in [-0.05, 0) is 22.6 Å². The van der Waals surface area contributed by atoms with Crippen molar-refractivity contribution in [3.63, 3.8) is 0 Å². The van der Waals surface area contributed by atoms with Crippen molar-refractivity contribution in [2.75, 3.05) is 5.32 Å². The Bertz CT molecular complexity index is 795. The van der Waals surface area contributed by atoms with Crippen molar-refractivity contribution in [1.82, 2.24) is 0 Å². The molecule has 3 rings (SSSR count). The average Bonchev–Trinajstić information content (AvgIpc) is 3.04. The van der Waals surface area contributed by atoms with Crippen molar-refractivity contribution in [3.8, 4) is 6.07 Å². The zero-order valence-corrected chi connectivity index (χ0v) is 13.1. The van der Waals surface area contributed by atoms with Crippen molar-refractivity contribution in [1.29, 1.82) is 5.26 Å². The van der Waals surface area contributed by atoms with E-state index in [1.807, 2.05) is 60.7 Å². The molecule has 1 N–H and O–H groups in total. The maximum absolute atomic E-state index is 12.9. The fraction of sp³-hybridized carbons (Fsp3) is 0.0526. The van der Waals surface area contributed by atoms with Crippen LogP contribution in [-0.2, 0) is 4.79 Å². The van der Waals surface area contributed by atoms with Crippen molar-refractivity contribution < 1.29 is 4.79 Å². The quantitative estimate of drug-likeness (QED) is 0.775. The number of amides is 1. The first kappa shape index (κ1) is 15.0. The van der Waals surface area contributed by atoms with Gasteiger partial charge in [-0.2, -0.15) is 5.26 Å². The lowest BCUT2D eigenvalue weighted by atomic mass is 9.90. The molecule has 0 saturated carbocycles. The van der Waals surface area contributed by atoms with Crippen LogP contribution >= 0.6 is 11.3 Å². The van der Waals surface area contributed by atoms with E-state index in [1.165, 1.54) is 11.3 Å². The van der Waals surface area contributed by atoms with Gasteiger partial charge in [0.15, 0.2) is 0 Å². The molecule has 1 aromatic heterocycles. The van der Waals surface area contributed by atoms with E-state index in [0.29, 0.717) is 10.6 Å². The van der Waals surface area contributed by atoms with Crippen molar-refractivity contribution >= 4 is 22.2 Å². The Balaban J connectivity index is 1.96. The number of benzene rings is 2. The molecule has 0 saturated heterocycles. The van der Waals surface area contributed by atoms with E-state index in [4.69, 9.17) is 5.26 Å². The second-order valence-electron chi connectivity index (χ2n) is 5.02. The molecule has 1 amide bonds. The normalized spacial score (nSPS) is 10.3. The van der Waals surface area contributed by atoms with Crippen molar-refractivity contribution in [2.45, 2.75) is 5.92 Å². The van der Waals surface area contributed by atoms with E-state index < -0.39 is 5.92 Å². The molecule has 112 valence electrons. The summed E-state index contributed by atoms with van der Waals surface area (Å²) in [7, 11) is 0. The van der Waals surface area contributed by atoms with Crippen molar-refractivity contribution in [2.24, 2.45) is 0 Å². The fourth-order valence-corrected chi connectivity index (χ4v) is 3.20. The van der Waals surface area contributed by atoms with E-state index >= 15 is 0 Å². The molecule has 0 aliphatic heterocycles. The van der Waals surface area contributed by atoms with Crippen LogP contribution in [0.2, 0.25) is 0 Å². The number of rotatable bonds is 4. The highest BCUT2D eigenvalue weighted by molar-refractivity contribution is 7.14. The molecular weight excluding hydrogens is 304 g/mol. The number of thiophene rings is 1. The van der Waals surface area contributed by atoms with Crippen LogP contribution in [0.5, 0.6) is 0 Å². The van der Waals surface area contributed by atoms with E-state index in [2.05, 4.69) is 11.4 Å². The van der Waals surface area contributed by atoms with Gasteiger partial charge in [0.25, 0.3) is 0 Å². The molecule has 3 nitrogen and oxygen atoms in total. The Morgan fingerprint density at radius 3 is 2.04 bits per heavy atom. The average molecular weight is 318 g/mol. The largest absolute Gasteiger partial charge is 0.316 e. The highest BCUT2D eigenvalue weighted by atomic mass is 32.1. The summed E-state index contributed by atoms with van der Waals surface area (Å²) in [6, 6.07) is 23.1. The van der Waals surface area contributed by atoms with Crippen LogP contribution in [0.1, 0.15) is 22.6 Å². The van der Waals surface area contributed by atoms with Crippen LogP contribution in [0.25, 0.3) is 0 Å². The number of carbonyl (C=O) groups is 1. The molecule has 0 aliphatic carbocycles. The minimum absolute atomic E-state index is 0.138. The molecule has 3 aromatic rings. The van der Waals surface area contributed by atoms with Crippen LogP contribution in [0, 0.1) is 11.3 Å². The van der Waals surface area contributed by atoms with Crippen LogP contribution in [0.4, 0.5) is 5.00 Å². The number of nitrogens with zero attached hydrogens (tertiary/aromatic N) is 1. The van der Waals surface area contributed by atoms with E-state index in [-0.39, 0.29) is 5.91 Å². The minimum atomic E-state index is -0.411. The highest BCUT2D eigenvalue weighted by Crippen LogP contribution is 2.29. The molecule has 1 heterocycles. The smallest absolute Gasteiger partial charge is 0.237 e. The first-order valence-corrected chi connectivity index (χ1v) is 8.06. The van der Waals surface area contributed by atoms with Gasteiger partial charge in [0, 0.05) is 0 Å². The fourth-order valence-electron chi connectivity index (χ4n) is 2.46. The second kappa shape index (κ2) is 6.91. The Morgan fingerprint density at radius 1 is 0.957 bits per heavy atom. The number of nitriles is 1. The van der Waals surface area contributed by atoms with Crippen LogP contribution in [-0.4, -0.2) is 5.91 Å². The number of hydrogen-bond donors (Lipinski definition) is 1. The summed E-state index contributed by atoms with van der Waals surface area (Å²) < 4.78 is 0. The van der Waals surface area contributed by atoms with E-state index in [0.717, 1.165) is 11.1 Å². The highest BCUT2D eigenvalue weighted by Gasteiger charge is 2.23. The molecule has 23 heavy (non-hydrogen) atoms. The van der Waals surface area contributed by atoms with Crippen LogP contribution in [0.3, 0.4) is 0 Å². The summed E-state index contributed by atoms with van der Waals surface area (Å²) in [5.41, 5.74) is 2.33. The maximum atomic E-state index is 12.9. The lowest BCUT2D eigenvalue weighted by molar-refractivity contribution is -0.116. The third-order valence-corrected chi connectivity index (χ3v) is 4.38. The summed E-state index contributed by atoms with van der Waals surface area (Å²) in [5.74, 6) is -0.549. The molecule has 2 aromatic carbocycles. The molecule has 0 spiro atoms. The SMILES string of the molecule is N#Cc1ccsc1NC(=O)C(c1ccccc1)c1ccccc1. The van der Waals surface area contributed by atoms with E-state index in [9.17, 15) is 4.79 Å². The number of carbonyl (C=O) groups excluding carboxylic acids is 1. The number of anilines is 1. The van der Waals surface area contributed by atoms with Crippen molar-refractivity contribution in [3.05, 3.63) is 88.8 Å². The lowest BCUT2D eigenvalue weighted by Gasteiger charge is -2.17. The van der Waals surface area contributed by atoms with Gasteiger partial charge in [-0.3, -0.25) is 4.79 Å². The third kappa shape index (κ3) is 3.31. The Kier molecular flexibility index (Phi) is 4.51. The van der Waals surface area contributed by atoms with Crippen LogP contribution in [0.15, 0.2) is 72.1 Å². The Labute approximate surface area is 138 Å². The topological polar surface area (TPSA) is 52.9 Å². The first-order chi connectivity index (χ1) is 11.3. The van der Waals surface area contributed by atoms with E-state index in [1.54, 1.807) is 11.4 Å². The predicted molar refractivity (Wildman–Crippen MR) is 92.4 cm³/mol. The number of nitrogens with one attached hydrogen (secondary N) is 1. The minimum Gasteiger partial charge on any atom is -0.316 e. The second-order valence-corrected chi connectivity index (χ2v) is 5.93. The molecule has 0 bridgehead atoms. The van der Waals surface area contributed by atoms with Gasteiger partial charge >= 0.3 is 0 Å². The molecular formula is C19H14N2OS. The first-order valence-electron chi connectivity index (χ1n) is 7.18. The van der Waals surface area contributed by atoms with Gasteiger partial charge in [-0.1, -0.05) is 60.7 Å². The monoisotopic (exact) mass is 318 g/mol. The summed E-state index contributed by atoms with van der Waals surface area (Å²) in [6.07, 6.45) is 0. The standard InChI is InChI=1S/C19H14N2OS/c20-13-16-11-12-23-19(16)21-18(22)17(14-7-3-1-4-8-14)15-9-5-2-6-10-15/h1-12,17H,(H,21,22). The van der Waals surface area contributed by atoms with Gasteiger partial charge in [-0.15, -0.1) is 11.3 Å². The Morgan fingerprint density at radius 2 is 1.52 bits per heavy atom. The summed E-state index contributed by atoms with van der Waals surface area (Å²) >= 11 is 1.36. The lowest BCUT2D eigenvalue weighted by Crippen LogP contribution is -2.22. The van der Waals surface area contributed by atoms with Gasteiger partial charge in [0.2, 0.25) is 5.91 Å². The zero-order chi connectivity index (χ0) is 16.1. The van der Waals surface area contributed by atoms with Gasteiger partial charge < -0.3 is 5.32 Å². The molecule has 0 fully saturated rings. The third-order valence-electron chi connectivity index (χ3n) is 3.55. The zero-order valence-electron chi connectivity index (χ0n) is 12.3. The molecule has 0 radical (unpaired) electrons. The molecule has 4 heteroatoms. The summed E-state index contributed by atoms with van der Waals surface area (Å²) in [6.45, 7) is 0. The van der Waals surface area contributed by atoms with Crippen LogP contribution < -0.4 is 5.32 Å². The van der Waals surface area contributed by atoms with Gasteiger partial charge in [0.05, 0.1) is 11.5 Å². The molecule has 0 aliphatic rings. The molecule has 0 atom stereocenters. The number of hydrogen-bond acceptors (Lipinski definition) is 3. The van der Waals surface area contributed by atoms with Gasteiger partial charge in [-0.25, -0.2) is 0 Å². The maximum Gasteiger partial charge on any atom is 0.237 e. The molecule has 0 unspecified atom stereocenters. The predicted octanol–water partition coefficient (Wildman–Crippen LogP) is 4.39. The summed E-state index contributed by atoms with van der Waals surface area (Å²) in [4.78, 5) is 12.9.